The van der Waals surface area contributed by atoms with E-state index in [1.54, 1.807) is 46.8 Å². The van der Waals surface area contributed by atoms with Crippen LogP contribution >= 0.6 is 0 Å². The third-order valence-corrected chi connectivity index (χ3v) is 4.99. The number of hydrogen-bond acceptors (Lipinski definition) is 6. The normalized spacial score (nSPS) is 12.8. The number of sulfonamides is 1. The molecule has 3 N–H and O–H groups in total. The quantitative estimate of drug-likeness (QED) is 0.600. The molecule has 9 nitrogen and oxygen atoms in total. The van der Waals surface area contributed by atoms with Gasteiger partial charge in [0.2, 0.25) is 10.0 Å². The molecule has 1 rings (SSSR count). The number of amides is 3. The van der Waals surface area contributed by atoms with Crippen LogP contribution in [0.15, 0.2) is 23.1 Å². The van der Waals surface area contributed by atoms with Crippen LogP contribution in [0.4, 0.5) is 4.79 Å². The van der Waals surface area contributed by atoms with Crippen molar-refractivity contribution in [2.75, 3.05) is 6.54 Å². The molecule has 0 bridgehead atoms. The number of carbonyl (C=O) groups excluding carboxylic acids is 3. The molecule has 0 fully saturated rings. The standard InChI is InChI=1S/C18H27N3O6S/c1-11-7-8-12(2)14(9-11)28(25,26)19-10-15(22)27-13(3)16(23)20-17(24)21-18(4,5)6/h7-9,13,19H,10H2,1-6H3,(H2,20,21,23,24)/t13-/m1/s1. The summed E-state index contributed by atoms with van der Waals surface area (Å²) in [7, 11) is -3.92. The first kappa shape index (κ1) is 23.6. The lowest BCUT2D eigenvalue weighted by atomic mass is 10.1. The molecule has 0 aliphatic heterocycles. The number of nitrogens with one attached hydrogen (secondary N) is 3. The van der Waals surface area contributed by atoms with Gasteiger partial charge in [-0.25, -0.2) is 13.2 Å². The summed E-state index contributed by atoms with van der Waals surface area (Å²) in [6, 6.07) is 4.21. The lowest BCUT2D eigenvalue weighted by Gasteiger charge is -2.21. The number of benzene rings is 1. The third kappa shape index (κ3) is 7.65. The number of hydrogen-bond donors (Lipinski definition) is 3. The van der Waals surface area contributed by atoms with Crippen LogP contribution in [-0.4, -0.2) is 44.5 Å². The predicted molar refractivity (Wildman–Crippen MR) is 103 cm³/mol. The zero-order chi connectivity index (χ0) is 21.7. The predicted octanol–water partition coefficient (Wildman–Crippen LogP) is 1.14. The third-order valence-electron chi connectivity index (χ3n) is 3.44. The summed E-state index contributed by atoms with van der Waals surface area (Å²) in [5.74, 6) is -1.78. The highest BCUT2D eigenvalue weighted by Crippen LogP contribution is 2.16. The molecule has 0 spiro atoms. The first-order chi connectivity index (χ1) is 12.7. The van der Waals surface area contributed by atoms with E-state index in [9.17, 15) is 22.8 Å². The van der Waals surface area contributed by atoms with E-state index in [1.165, 1.54) is 13.0 Å². The molecule has 28 heavy (non-hydrogen) atoms. The minimum atomic E-state index is -3.92. The summed E-state index contributed by atoms with van der Waals surface area (Å²) in [4.78, 5) is 35.5. The maximum absolute atomic E-state index is 12.4. The van der Waals surface area contributed by atoms with Crippen LogP contribution in [0.3, 0.4) is 0 Å². The van der Waals surface area contributed by atoms with Crippen molar-refractivity contribution in [1.29, 1.82) is 0 Å². The highest BCUT2D eigenvalue weighted by molar-refractivity contribution is 7.89. The molecule has 0 heterocycles. The van der Waals surface area contributed by atoms with Gasteiger partial charge in [-0.2, -0.15) is 4.72 Å². The Balaban J connectivity index is 2.60. The Morgan fingerprint density at radius 1 is 1.14 bits per heavy atom. The summed E-state index contributed by atoms with van der Waals surface area (Å²) in [5.41, 5.74) is 0.743. The van der Waals surface area contributed by atoms with Gasteiger partial charge in [0, 0.05) is 5.54 Å². The van der Waals surface area contributed by atoms with Crippen LogP contribution < -0.4 is 15.4 Å². The summed E-state index contributed by atoms with van der Waals surface area (Å²) >= 11 is 0. The monoisotopic (exact) mass is 413 g/mol. The average Bonchev–Trinajstić information content (AvgIpc) is 2.53. The molecule has 0 saturated carbocycles. The lowest BCUT2D eigenvalue weighted by Crippen LogP contribution is -2.50. The highest BCUT2D eigenvalue weighted by Gasteiger charge is 2.24. The van der Waals surface area contributed by atoms with Crippen molar-refractivity contribution in [3.05, 3.63) is 29.3 Å². The van der Waals surface area contributed by atoms with Gasteiger partial charge >= 0.3 is 12.0 Å². The van der Waals surface area contributed by atoms with Crippen LogP contribution in [0.2, 0.25) is 0 Å². The van der Waals surface area contributed by atoms with Crippen LogP contribution in [0, 0.1) is 13.8 Å². The second kappa shape index (κ2) is 9.16. The van der Waals surface area contributed by atoms with Crippen LogP contribution in [-0.2, 0) is 24.3 Å². The number of urea groups is 1. The van der Waals surface area contributed by atoms with E-state index in [0.717, 1.165) is 5.56 Å². The van der Waals surface area contributed by atoms with E-state index < -0.39 is 46.1 Å². The van der Waals surface area contributed by atoms with E-state index in [1.807, 2.05) is 5.32 Å². The Morgan fingerprint density at radius 2 is 1.75 bits per heavy atom. The Hall–Kier alpha value is -2.46. The largest absolute Gasteiger partial charge is 0.452 e. The number of ether oxygens (including phenoxy) is 1. The first-order valence-corrected chi connectivity index (χ1v) is 10.1. The van der Waals surface area contributed by atoms with Gasteiger partial charge in [0.25, 0.3) is 5.91 Å². The zero-order valence-corrected chi connectivity index (χ0v) is 17.7. The van der Waals surface area contributed by atoms with Crippen LogP contribution in [0.5, 0.6) is 0 Å². The van der Waals surface area contributed by atoms with Crippen LogP contribution in [0.1, 0.15) is 38.8 Å². The molecule has 0 aliphatic carbocycles. The van der Waals surface area contributed by atoms with Crippen molar-refractivity contribution in [2.45, 2.75) is 58.1 Å². The fraction of sp³-hybridized carbons (Fsp3) is 0.500. The van der Waals surface area contributed by atoms with E-state index in [-0.39, 0.29) is 4.90 Å². The molecule has 3 amide bonds. The molecule has 0 saturated heterocycles. The summed E-state index contributed by atoms with van der Waals surface area (Å²) in [5, 5.41) is 4.58. The topological polar surface area (TPSA) is 131 Å². The zero-order valence-electron chi connectivity index (χ0n) is 16.9. The Morgan fingerprint density at radius 3 is 2.32 bits per heavy atom. The van der Waals surface area contributed by atoms with Crippen molar-refractivity contribution >= 4 is 27.9 Å². The molecule has 0 aliphatic rings. The number of esters is 1. The first-order valence-electron chi connectivity index (χ1n) is 8.60. The fourth-order valence-corrected chi connectivity index (χ4v) is 3.40. The Kier molecular flexibility index (Phi) is 7.71. The SMILES string of the molecule is Cc1ccc(C)c(S(=O)(=O)NCC(=O)O[C@H](C)C(=O)NC(=O)NC(C)(C)C)c1. The van der Waals surface area contributed by atoms with Crippen LogP contribution in [0.25, 0.3) is 0 Å². The van der Waals surface area contributed by atoms with E-state index in [2.05, 4.69) is 10.0 Å². The number of aryl methyl sites for hydroxylation is 2. The Labute approximate surface area is 165 Å². The Bertz CT molecular complexity index is 859. The average molecular weight is 413 g/mol. The minimum Gasteiger partial charge on any atom is -0.452 e. The van der Waals surface area contributed by atoms with Crippen molar-refractivity contribution in [1.82, 2.24) is 15.4 Å². The molecule has 0 radical (unpaired) electrons. The summed E-state index contributed by atoms with van der Waals surface area (Å²) in [6.45, 7) is 9.23. The van der Waals surface area contributed by atoms with Gasteiger partial charge in [-0.15, -0.1) is 0 Å². The van der Waals surface area contributed by atoms with Crippen molar-refractivity contribution in [3.63, 3.8) is 0 Å². The van der Waals surface area contributed by atoms with E-state index in [4.69, 9.17) is 4.74 Å². The molecule has 0 unspecified atom stereocenters. The molecule has 10 heteroatoms. The molecule has 156 valence electrons. The second-order valence-corrected chi connectivity index (χ2v) is 9.15. The van der Waals surface area contributed by atoms with E-state index >= 15 is 0 Å². The summed E-state index contributed by atoms with van der Waals surface area (Å²) in [6.07, 6.45) is -1.27. The van der Waals surface area contributed by atoms with Crippen molar-refractivity contribution in [3.8, 4) is 0 Å². The van der Waals surface area contributed by atoms with Crippen molar-refractivity contribution in [2.24, 2.45) is 0 Å². The molecule has 1 aromatic rings. The molecule has 1 aromatic carbocycles. The van der Waals surface area contributed by atoms with E-state index in [0.29, 0.717) is 5.56 Å². The second-order valence-electron chi connectivity index (χ2n) is 7.42. The number of carbonyl (C=O) groups is 3. The van der Waals surface area contributed by atoms with Gasteiger partial charge < -0.3 is 10.1 Å². The van der Waals surface area contributed by atoms with Gasteiger partial charge in [-0.3, -0.25) is 14.9 Å². The summed E-state index contributed by atoms with van der Waals surface area (Å²) < 4.78 is 31.7. The molecule has 1 atom stereocenters. The number of imide groups is 1. The van der Waals surface area contributed by atoms with Gasteiger partial charge in [-0.1, -0.05) is 12.1 Å². The molecule has 0 aromatic heterocycles. The minimum absolute atomic E-state index is 0.0601. The molecular weight excluding hydrogens is 386 g/mol. The maximum Gasteiger partial charge on any atom is 0.321 e. The maximum atomic E-state index is 12.4. The van der Waals surface area contributed by atoms with Crippen molar-refractivity contribution < 1.29 is 27.5 Å². The van der Waals surface area contributed by atoms with Gasteiger partial charge in [0.05, 0.1) is 4.90 Å². The smallest absolute Gasteiger partial charge is 0.321 e. The fourth-order valence-electron chi connectivity index (χ4n) is 2.11. The lowest BCUT2D eigenvalue weighted by molar-refractivity contribution is -0.153. The van der Waals surface area contributed by atoms with Gasteiger partial charge in [0.15, 0.2) is 6.10 Å². The molecular formula is C18H27N3O6S. The van der Waals surface area contributed by atoms with Gasteiger partial charge in [0.1, 0.15) is 6.54 Å². The number of rotatable bonds is 6. The van der Waals surface area contributed by atoms with Gasteiger partial charge in [-0.05, 0) is 58.7 Å². The highest BCUT2D eigenvalue weighted by atomic mass is 32.2.